The molecule has 0 aliphatic heterocycles. The molecule has 0 saturated carbocycles. The molecule has 1 aromatic carbocycles. The first-order chi connectivity index (χ1) is 6.65. The van der Waals surface area contributed by atoms with E-state index in [1.54, 1.807) is 0 Å². The molecule has 1 rings (SSSR count). The Balaban J connectivity index is 2.70. The minimum Gasteiger partial charge on any atom is -0.395 e. The van der Waals surface area contributed by atoms with E-state index in [2.05, 4.69) is 5.32 Å². The highest BCUT2D eigenvalue weighted by atomic mass is 19.2. The van der Waals surface area contributed by atoms with E-state index in [0.717, 1.165) is 12.1 Å². The minimum atomic E-state index is -0.847. The van der Waals surface area contributed by atoms with Crippen LogP contribution in [0.4, 0.5) is 8.78 Å². The lowest BCUT2D eigenvalue weighted by Crippen LogP contribution is -2.22. The molecule has 1 atom stereocenters. The van der Waals surface area contributed by atoms with Crippen molar-refractivity contribution < 1.29 is 13.9 Å². The van der Waals surface area contributed by atoms with Crippen LogP contribution in [-0.2, 0) is 0 Å². The van der Waals surface area contributed by atoms with Gasteiger partial charge in [-0.25, -0.2) is 8.78 Å². The molecular weight excluding hydrogens is 188 g/mol. The van der Waals surface area contributed by atoms with Gasteiger partial charge in [-0.05, 0) is 24.6 Å². The van der Waals surface area contributed by atoms with Crippen LogP contribution in [0, 0.1) is 11.6 Å². The van der Waals surface area contributed by atoms with Crippen LogP contribution in [0.1, 0.15) is 18.5 Å². The summed E-state index contributed by atoms with van der Waals surface area (Å²) in [7, 11) is 0. The summed E-state index contributed by atoms with van der Waals surface area (Å²) in [5.74, 6) is -1.69. The van der Waals surface area contributed by atoms with Crippen LogP contribution in [0.3, 0.4) is 0 Å². The molecule has 2 N–H and O–H groups in total. The summed E-state index contributed by atoms with van der Waals surface area (Å²) in [4.78, 5) is 0. The van der Waals surface area contributed by atoms with Gasteiger partial charge < -0.3 is 10.4 Å². The maximum absolute atomic E-state index is 12.8. The van der Waals surface area contributed by atoms with E-state index in [9.17, 15) is 8.78 Å². The van der Waals surface area contributed by atoms with Gasteiger partial charge in [-0.15, -0.1) is 0 Å². The molecule has 0 bridgehead atoms. The number of benzene rings is 1. The molecule has 0 aliphatic carbocycles. The van der Waals surface area contributed by atoms with Crippen molar-refractivity contribution in [3.8, 4) is 0 Å². The Bertz CT molecular complexity index is 304. The summed E-state index contributed by atoms with van der Waals surface area (Å²) >= 11 is 0. The monoisotopic (exact) mass is 201 g/mol. The Hall–Kier alpha value is -1.00. The maximum atomic E-state index is 12.8. The third-order valence-corrected chi connectivity index (χ3v) is 2.01. The Kier molecular flexibility index (Phi) is 3.98. The first-order valence-electron chi connectivity index (χ1n) is 4.44. The summed E-state index contributed by atoms with van der Waals surface area (Å²) in [5.41, 5.74) is 0.664. The third-order valence-electron chi connectivity index (χ3n) is 2.01. The van der Waals surface area contributed by atoms with Crippen LogP contribution in [0.2, 0.25) is 0 Å². The number of aliphatic hydroxyl groups is 1. The van der Waals surface area contributed by atoms with E-state index in [4.69, 9.17) is 5.11 Å². The molecule has 1 aromatic rings. The number of halogens is 2. The zero-order valence-corrected chi connectivity index (χ0v) is 7.93. The topological polar surface area (TPSA) is 32.3 Å². The number of hydrogen-bond donors (Lipinski definition) is 2. The van der Waals surface area contributed by atoms with Crippen molar-refractivity contribution >= 4 is 0 Å². The second kappa shape index (κ2) is 5.02. The van der Waals surface area contributed by atoms with Crippen molar-refractivity contribution in [3.05, 3.63) is 35.4 Å². The van der Waals surface area contributed by atoms with Crippen LogP contribution in [0.5, 0.6) is 0 Å². The molecule has 0 radical (unpaired) electrons. The molecule has 0 spiro atoms. The number of rotatable bonds is 4. The molecule has 1 unspecified atom stereocenters. The molecule has 4 heteroatoms. The molecule has 78 valence electrons. The van der Waals surface area contributed by atoms with Gasteiger partial charge in [0.2, 0.25) is 0 Å². The number of aliphatic hydroxyl groups excluding tert-OH is 1. The Morgan fingerprint density at radius 2 is 2.07 bits per heavy atom. The fraction of sp³-hybridized carbons (Fsp3) is 0.400. The fourth-order valence-electron chi connectivity index (χ4n) is 1.18. The zero-order chi connectivity index (χ0) is 10.6. The average molecular weight is 201 g/mol. The summed E-state index contributed by atoms with van der Waals surface area (Å²) in [6.45, 7) is 2.27. The van der Waals surface area contributed by atoms with Gasteiger partial charge in [-0.1, -0.05) is 6.07 Å². The maximum Gasteiger partial charge on any atom is 0.159 e. The fourth-order valence-corrected chi connectivity index (χ4v) is 1.18. The van der Waals surface area contributed by atoms with E-state index in [1.807, 2.05) is 6.92 Å². The van der Waals surface area contributed by atoms with Crippen molar-refractivity contribution in [1.82, 2.24) is 5.32 Å². The molecule has 0 aromatic heterocycles. The van der Waals surface area contributed by atoms with Crippen LogP contribution in [0.25, 0.3) is 0 Å². The Morgan fingerprint density at radius 1 is 1.36 bits per heavy atom. The van der Waals surface area contributed by atoms with Crippen molar-refractivity contribution in [2.75, 3.05) is 13.2 Å². The average Bonchev–Trinajstić information content (AvgIpc) is 2.18. The van der Waals surface area contributed by atoms with Gasteiger partial charge in [0.25, 0.3) is 0 Å². The molecule has 0 heterocycles. The van der Waals surface area contributed by atoms with Crippen molar-refractivity contribution in [3.63, 3.8) is 0 Å². The van der Waals surface area contributed by atoms with E-state index in [1.165, 1.54) is 6.07 Å². The molecule has 0 fully saturated rings. The first kappa shape index (κ1) is 11.1. The van der Waals surface area contributed by atoms with Crippen LogP contribution in [-0.4, -0.2) is 18.3 Å². The highest BCUT2D eigenvalue weighted by molar-refractivity contribution is 5.20. The predicted octanol–water partition coefficient (Wildman–Crippen LogP) is 1.61. The van der Waals surface area contributed by atoms with E-state index >= 15 is 0 Å². The second-order valence-electron chi connectivity index (χ2n) is 3.07. The standard InChI is InChI=1S/C10H13F2NO/c1-7(13-4-5-14)8-2-3-9(11)10(12)6-8/h2-3,6-7,13-14H,4-5H2,1H3. The SMILES string of the molecule is CC(NCCO)c1ccc(F)c(F)c1. The second-order valence-corrected chi connectivity index (χ2v) is 3.07. The summed E-state index contributed by atoms with van der Waals surface area (Å²) in [5, 5.41) is 11.5. The summed E-state index contributed by atoms with van der Waals surface area (Å²) in [6.07, 6.45) is 0. The van der Waals surface area contributed by atoms with Gasteiger partial charge in [0.1, 0.15) is 0 Å². The molecule has 0 aliphatic rings. The Morgan fingerprint density at radius 3 is 2.64 bits per heavy atom. The highest BCUT2D eigenvalue weighted by Gasteiger charge is 2.07. The lowest BCUT2D eigenvalue weighted by Gasteiger charge is -2.13. The van der Waals surface area contributed by atoms with Crippen LogP contribution < -0.4 is 5.32 Å². The number of nitrogens with one attached hydrogen (secondary N) is 1. The van der Waals surface area contributed by atoms with Gasteiger partial charge >= 0.3 is 0 Å². The van der Waals surface area contributed by atoms with E-state index in [-0.39, 0.29) is 12.6 Å². The van der Waals surface area contributed by atoms with Gasteiger partial charge in [-0.3, -0.25) is 0 Å². The summed E-state index contributed by atoms with van der Waals surface area (Å²) in [6, 6.07) is 3.68. The lowest BCUT2D eigenvalue weighted by molar-refractivity contribution is 0.286. The molecular formula is C10H13F2NO. The van der Waals surface area contributed by atoms with E-state index in [0.29, 0.717) is 12.1 Å². The van der Waals surface area contributed by atoms with Crippen LogP contribution >= 0.6 is 0 Å². The smallest absolute Gasteiger partial charge is 0.159 e. The largest absolute Gasteiger partial charge is 0.395 e. The molecule has 0 saturated heterocycles. The van der Waals surface area contributed by atoms with Crippen molar-refractivity contribution in [2.24, 2.45) is 0 Å². The van der Waals surface area contributed by atoms with E-state index < -0.39 is 11.6 Å². The quantitative estimate of drug-likeness (QED) is 0.775. The van der Waals surface area contributed by atoms with Crippen molar-refractivity contribution in [2.45, 2.75) is 13.0 Å². The molecule has 0 amide bonds. The normalized spacial score (nSPS) is 12.9. The zero-order valence-electron chi connectivity index (χ0n) is 7.93. The Labute approximate surface area is 81.6 Å². The lowest BCUT2D eigenvalue weighted by atomic mass is 10.1. The predicted molar refractivity (Wildman–Crippen MR) is 49.9 cm³/mol. The highest BCUT2D eigenvalue weighted by Crippen LogP contribution is 2.15. The number of hydrogen-bond acceptors (Lipinski definition) is 2. The van der Waals surface area contributed by atoms with Gasteiger partial charge in [0, 0.05) is 12.6 Å². The van der Waals surface area contributed by atoms with Crippen molar-refractivity contribution in [1.29, 1.82) is 0 Å². The third kappa shape index (κ3) is 2.75. The minimum absolute atomic E-state index is 0.0218. The molecule has 14 heavy (non-hydrogen) atoms. The van der Waals surface area contributed by atoms with Gasteiger partial charge in [0.05, 0.1) is 6.61 Å². The van der Waals surface area contributed by atoms with Gasteiger partial charge in [0.15, 0.2) is 11.6 Å². The van der Waals surface area contributed by atoms with Gasteiger partial charge in [-0.2, -0.15) is 0 Å². The van der Waals surface area contributed by atoms with Crippen LogP contribution in [0.15, 0.2) is 18.2 Å². The molecule has 2 nitrogen and oxygen atoms in total. The summed E-state index contributed by atoms with van der Waals surface area (Å²) < 4.78 is 25.4. The first-order valence-corrected chi connectivity index (χ1v) is 4.44.